The van der Waals surface area contributed by atoms with Crippen molar-refractivity contribution in [2.24, 2.45) is 0 Å². The van der Waals surface area contributed by atoms with Gasteiger partial charge in [0.1, 0.15) is 6.10 Å². The lowest BCUT2D eigenvalue weighted by Gasteiger charge is -2.09. The fraction of sp³-hybridized carbons (Fsp3) is 0.154. The van der Waals surface area contributed by atoms with Crippen LogP contribution in [0.15, 0.2) is 72.9 Å². The SMILES string of the molecule is CC(=O)NC[C@@H]1C=C(c2ccc(-c3ccc(CNC(=O)c4ccccc4C(=O)O)cc3)nc2)NO1. The van der Waals surface area contributed by atoms with E-state index in [2.05, 4.69) is 21.1 Å². The first kappa shape index (κ1) is 23.7. The molecule has 0 unspecified atom stereocenters. The Hall–Kier alpha value is -4.50. The van der Waals surface area contributed by atoms with E-state index >= 15 is 0 Å². The van der Waals surface area contributed by atoms with E-state index in [1.54, 1.807) is 18.3 Å². The first-order valence-electron chi connectivity index (χ1n) is 10.9. The Kier molecular flexibility index (Phi) is 7.18. The van der Waals surface area contributed by atoms with Crippen molar-refractivity contribution in [1.29, 1.82) is 0 Å². The number of carboxylic acids is 1. The van der Waals surface area contributed by atoms with E-state index in [0.717, 1.165) is 28.1 Å². The second-order valence-corrected chi connectivity index (χ2v) is 7.94. The molecule has 3 aromatic rings. The first-order valence-corrected chi connectivity index (χ1v) is 10.9. The molecule has 1 aliphatic heterocycles. The van der Waals surface area contributed by atoms with Crippen LogP contribution in [0.4, 0.5) is 0 Å². The number of carboxylic acid groups (broad SMARTS) is 1. The van der Waals surface area contributed by atoms with Gasteiger partial charge in [-0.3, -0.25) is 24.9 Å². The van der Waals surface area contributed by atoms with Gasteiger partial charge in [-0.1, -0.05) is 36.4 Å². The molecule has 0 bridgehead atoms. The Morgan fingerprint density at radius 1 is 0.971 bits per heavy atom. The molecule has 9 nitrogen and oxygen atoms in total. The lowest BCUT2D eigenvalue weighted by molar-refractivity contribution is -0.119. The summed E-state index contributed by atoms with van der Waals surface area (Å²) < 4.78 is 0. The minimum atomic E-state index is -1.14. The van der Waals surface area contributed by atoms with E-state index in [0.29, 0.717) is 6.54 Å². The number of aromatic nitrogens is 1. The van der Waals surface area contributed by atoms with E-state index in [-0.39, 0.29) is 29.7 Å². The highest BCUT2D eigenvalue weighted by molar-refractivity contribution is 6.04. The van der Waals surface area contributed by atoms with Crippen LogP contribution in [0, 0.1) is 0 Å². The summed E-state index contributed by atoms with van der Waals surface area (Å²) >= 11 is 0. The smallest absolute Gasteiger partial charge is 0.336 e. The van der Waals surface area contributed by atoms with Crippen molar-refractivity contribution < 1.29 is 24.3 Å². The first-order chi connectivity index (χ1) is 16.9. The molecular weight excluding hydrogens is 448 g/mol. The molecule has 0 spiro atoms. The Balaban J connectivity index is 1.36. The fourth-order valence-electron chi connectivity index (χ4n) is 3.56. The Morgan fingerprint density at radius 3 is 2.34 bits per heavy atom. The molecule has 35 heavy (non-hydrogen) atoms. The van der Waals surface area contributed by atoms with Gasteiger partial charge in [-0.25, -0.2) is 4.79 Å². The van der Waals surface area contributed by atoms with Crippen LogP contribution in [0.3, 0.4) is 0 Å². The molecule has 0 aliphatic carbocycles. The van der Waals surface area contributed by atoms with Gasteiger partial charge in [0.15, 0.2) is 0 Å². The summed E-state index contributed by atoms with van der Waals surface area (Å²) in [5.74, 6) is -1.70. The molecule has 1 aliphatic rings. The van der Waals surface area contributed by atoms with Gasteiger partial charge in [0, 0.05) is 30.8 Å². The predicted octanol–water partition coefficient (Wildman–Crippen LogP) is 2.76. The number of nitrogens with one attached hydrogen (secondary N) is 3. The molecule has 4 rings (SSSR count). The molecule has 4 N–H and O–H groups in total. The van der Waals surface area contributed by atoms with Gasteiger partial charge >= 0.3 is 5.97 Å². The lowest BCUT2D eigenvalue weighted by Crippen LogP contribution is -2.30. The highest BCUT2D eigenvalue weighted by Gasteiger charge is 2.18. The van der Waals surface area contributed by atoms with Crippen molar-refractivity contribution in [3.63, 3.8) is 0 Å². The average Bonchev–Trinajstić information content (AvgIpc) is 3.35. The van der Waals surface area contributed by atoms with Crippen molar-refractivity contribution in [2.75, 3.05) is 6.54 Å². The minimum absolute atomic E-state index is 0.0340. The second-order valence-electron chi connectivity index (χ2n) is 7.94. The largest absolute Gasteiger partial charge is 0.478 e. The van der Waals surface area contributed by atoms with Gasteiger partial charge in [-0.2, -0.15) is 0 Å². The number of hydrogen-bond acceptors (Lipinski definition) is 6. The van der Waals surface area contributed by atoms with Gasteiger partial charge in [0.05, 0.1) is 29.1 Å². The summed E-state index contributed by atoms with van der Waals surface area (Å²) in [6.45, 7) is 2.11. The number of aromatic carboxylic acids is 1. The monoisotopic (exact) mass is 472 g/mol. The van der Waals surface area contributed by atoms with Crippen LogP contribution in [0.5, 0.6) is 0 Å². The average molecular weight is 473 g/mol. The summed E-state index contributed by atoms with van der Waals surface area (Å²) in [7, 11) is 0. The quantitative estimate of drug-likeness (QED) is 0.397. The van der Waals surface area contributed by atoms with Crippen molar-refractivity contribution >= 4 is 23.5 Å². The lowest BCUT2D eigenvalue weighted by atomic mass is 10.1. The van der Waals surface area contributed by atoms with E-state index < -0.39 is 11.9 Å². The molecule has 2 heterocycles. The van der Waals surface area contributed by atoms with Crippen LogP contribution in [0.2, 0.25) is 0 Å². The number of hydrogen-bond donors (Lipinski definition) is 4. The van der Waals surface area contributed by atoms with Crippen molar-refractivity contribution in [1.82, 2.24) is 21.1 Å². The number of nitrogens with zero attached hydrogens (tertiary/aromatic N) is 1. The van der Waals surface area contributed by atoms with Crippen LogP contribution in [0.25, 0.3) is 17.0 Å². The van der Waals surface area contributed by atoms with Crippen LogP contribution in [-0.2, 0) is 16.2 Å². The van der Waals surface area contributed by atoms with Crippen molar-refractivity contribution in [3.8, 4) is 11.3 Å². The molecule has 1 atom stereocenters. The molecule has 178 valence electrons. The predicted molar refractivity (Wildman–Crippen MR) is 129 cm³/mol. The normalized spacial score (nSPS) is 14.5. The van der Waals surface area contributed by atoms with Crippen LogP contribution < -0.4 is 16.1 Å². The number of rotatable bonds is 8. The zero-order chi connectivity index (χ0) is 24.8. The van der Waals surface area contributed by atoms with Crippen LogP contribution in [-0.4, -0.2) is 40.5 Å². The maximum atomic E-state index is 12.4. The van der Waals surface area contributed by atoms with Gasteiger partial charge in [-0.15, -0.1) is 0 Å². The summed E-state index contributed by atoms with van der Waals surface area (Å²) in [5.41, 5.74) is 7.17. The molecule has 2 aromatic carbocycles. The highest BCUT2D eigenvalue weighted by atomic mass is 16.7. The Bertz CT molecular complexity index is 1270. The Labute approximate surface area is 201 Å². The van der Waals surface area contributed by atoms with Crippen LogP contribution in [0.1, 0.15) is 38.8 Å². The highest BCUT2D eigenvalue weighted by Crippen LogP contribution is 2.22. The molecule has 9 heteroatoms. The second kappa shape index (κ2) is 10.6. The molecule has 0 fully saturated rings. The number of amides is 2. The molecule has 0 saturated carbocycles. The van der Waals surface area contributed by atoms with E-state index in [4.69, 9.17) is 4.84 Å². The topological polar surface area (TPSA) is 130 Å². The summed E-state index contributed by atoms with van der Waals surface area (Å²) in [6, 6.07) is 17.5. The fourth-order valence-corrected chi connectivity index (χ4v) is 3.56. The van der Waals surface area contributed by atoms with Crippen molar-refractivity contribution in [2.45, 2.75) is 19.6 Å². The van der Waals surface area contributed by atoms with E-state index in [1.165, 1.54) is 19.1 Å². The third-order valence-electron chi connectivity index (χ3n) is 5.40. The number of benzene rings is 2. The number of carbonyl (C=O) groups excluding carboxylic acids is 2. The van der Waals surface area contributed by atoms with E-state index in [1.807, 2.05) is 42.5 Å². The number of hydroxylamine groups is 1. The molecule has 1 aromatic heterocycles. The molecule has 0 saturated heterocycles. The van der Waals surface area contributed by atoms with Gasteiger partial charge < -0.3 is 15.7 Å². The summed E-state index contributed by atoms with van der Waals surface area (Å²) in [4.78, 5) is 44.8. The minimum Gasteiger partial charge on any atom is -0.478 e. The van der Waals surface area contributed by atoms with Gasteiger partial charge in [0.25, 0.3) is 5.91 Å². The van der Waals surface area contributed by atoms with Crippen LogP contribution >= 0.6 is 0 Å². The maximum Gasteiger partial charge on any atom is 0.336 e. The zero-order valence-electron chi connectivity index (χ0n) is 18.9. The molecule has 0 radical (unpaired) electrons. The molecule has 2 amide bonds. The van der Waals surface area contributed by atoms with Crippen molar-refractivity contribution in [3.05, 3.63) is 95.2 Å². The standard InChI is InChI=1S/C26H24N4O5/c1-16(31)27-15-20-12-24(30-35-20)19-10-11-23(28-14-19)18-8-6-17(7-9-18)13-29-25(32)21-4-2-3-5-22(21)26(33)34/h2-12,14,20,30H,13,15H2,1H3,(H,27,31)(H,29,32)(H,33,34)/t20-/m0/s1. The number of pyridine rings is 1. The summed E-state index contributed by atoms with van der Waals surface area (Å²) in [6.07, 6.45) is 3.39. The third-order valence-corrected chi connectivity index (χ3v) is 5.40. The maximum absolute atomic E-state index is 12.4. The van der Waals surface area contributed by atoms with Gasteiger partial charge in [-0.05, 0) is 35.9 Å². The third kappa shape index (κ3) is 5.90. The Morgan fingerprint density at radius 2 is 1.69 bits per heavy atom. The number of carbonyl (C=O) groups is 3. The summed E-state index contributed by atoms with van der Waals surface area (Å²) in [5, 5.41) is 14.7. The zero-order valence-corrected chi connectivity index (χ0v) is 18.9. The molecular formula is C26H24N4O5. The van der Waals surface area contributed by atoms with E-state index in [9.17, 15) is 19.5 Å². The van der Waals surface area contributed by atoms with Gasteiger partial charge in [0.2, 0.25) is 5.91 Å².